The molecule has 0 atom stereocenters. The highest BCUT2D eigenvalue weighted by atomic mass is 35.5. The second-order valence-corrected chi connectivity index (χ2v) is 8.20. The molecular weight excluding hydrogens is 431 g/mol. The van der Waals surface area contributed by atoms with E-state index in [0.717, 1.165) is 6.07 Å². The van der Waals surface area contributed by atoms with Gasteiger partial charge < -0.3 is 10.1 Å². The lowest BCUT2D eigenvalue weighted by Gasteiger charge is -2.13. The fourth-order valence-electron chi connectivity index (χ4n) is 2.63. The third kappa shape index (κ3) is 4.90. The maximum Gasteiger partial charge on any atom is 0.261 e. The summed E-state index contributed by atoms with van der Waals surface area (Å²) in [6.45, 7) is 2.16. The van der Waals surface area contributed by atoms with E-state index in [1.807, 2.05) is 0 Å². The molecule has 30 heavy (non-hydrogen) atoms. The van der Waals surface area contributed by atoms with Crippen molar-refractivity contribution < 1.29 is 22.3 Å². The Labute approximate surface area is 178 Å². The minimum atomic E-state index is -4.02. The fraction of sp³-hybridized carbons (Fsp3) is 0.0952. The normalized spacial score (nSPS) is 11.0. The van der Waals surface area contributed by atoms with Gasteiger partial charge in [-0.3, -0.25) is 9.52 Å². The lowest BCUT2D eigenvalue weighted by Crippen LogP contribution is -2.15. The molecule has 0 aliphatic heterocycles. The van der Waals surface area contributed by atoms with Crippen LogP contribution >= 0.6 is 11.6 Å². The first kappa shape index (κ1) is 21.6. The van der Waals surface area contributed by atoms with E-state index in [1.54, 1.807) is 25.1 Å². The second kappa shape index (κ2) is 9.15. The number of ether oxygens (including phenoxy) is 1. The molecule has 0 aliphatic rings. The standard InChI is InChI=1S/C21H18ClFN2O4S/c1-2-29-20-16(22)6-5-9-19(20)24-21(26)14-10-12-15(13-11-14)30(27,28)25-18-8-4-3-7-17(18)23/h3-13,25H,2H2,1H3,(H,24,26). The zero-order chi connectivity index (χ0) is 21.7. The van der Waals surface area contributed by atoms with Gasteiger partial charge >= 0.3 is 0 Å². The molecule has 2 N–H and O–H groups in total. The third-order valence-electron chi connectivity index (χ3n) is 4.05. The van der Waals surface area contributed by atoms with Crippen LogP contribution in [0.1, 0.15) is 17.3 Å². The number of carbonyl (C=O) groups is 1. The minimum Gasteiger partial charge on any atom is -0.490 e. The van der Waals surface area contributed by atoms with Crippen LogP contribution in [0, 0.1) is 5.82 Å². The van der Waals surface area contributed by atoms with Crippen molar-refractivity contribution in [3.63, 3.8) is 0 Å². The van der Waals surface area contributed by atoms with E-state index < -0.39 is 21.7 Å². The summed E-state index contributed by atoms with van der Waals surface area (Å²) in [6, 6.07) is 15.6. The van der Waals surface area contributed by atoms with E-state index in [-0.39, 0.29) is 16.1 Å². The quantitative estimate of drug-likeness (QED) is 0.536. The summed E-state index contributed by atoms with van der Waals surface area (Å²) in [4.78, 5) is 12.4. The van der Waals surface area contributed by atoms with Gasteiger partial charge in [0, 0.05) is 5.56 Å². The van der Waals surface area contributed by atoms with Gasteiger partial charge in [-0.15, -0.1) is 0 Å². The Bertz CT molecular complexity index is 1170. The summed E-state index contributed by atoms with van der Waals surface area (Å²) in [5.74, 6) is -0.809. The largest absolute Gasteiger partial charge is 0.490 e. The molecule has 0 unspecified atom stereocenters. The van der Waals surface area contributed by atoms with Crippen molar-refractivity contribution in [2.24, 2.45) is 0 Å². The second-order valence-electron chi connectivity index (χ2n) is 6.11. The average molecular weight is 449 g/mol. The van der Waals surface area contributed by atoms with Crippen LogP contribution in [0.5, 0.6) is 5.75 Å². The Morgan fingerprint density at radius 3 is 2.33 bits per heavy atom. The first-order chi connectivity index (χ1) is 14.3. The zero-order valence-corrected chi connectivity index (χ0v) is 17.4. The number of rotatable bonds is 7. The Morgan fingerprint density at radius 2 is 1.67 bits per heavy atom. The van der Waals surface area contributed by atoms with E-state index in [1.165, 1.54) is 42.5 Å². The van der Waals surface area contributed by atoms with Gasteiger partial charge in [0.15, 0.2) is 5.75 Å². The van der Waals surface area contributed by atoms with E-state index in [0.29, 0.717) is 23.1 Å². The monoisotopic (exact) mass is 448 g/mol. The molecule has 1 amide bonds. The van der Waals surface area contributed by atoms with Crippen molar-refractivity contribution in [2.45, 2.75) is 11.8 Å². The smallest absolute Gasteiger partial charge is 0.261 e. The van der Waals surface area contributed by atoms with Crippen LogP contribution in [0.2, 0.25) is 5.02 Å². The Hall–Kier alpha value is -3.10. The van der Waals surface area contributed by atoms with Crippen LogP contribution in [-0.2, 0) is 10.0 Å². The van der Waals surface area contributed by atoms with E-state index >= 15 is 0 Å². The molecule has 0 spiro atoms. The summed E-state index contributed by atoms with van der Waals surface area (Å²) in [5, 5.41) is 3.05. The molecule has 6 nitrogen and oxygen atoms in total. The summed E-state index contributed by atoms with van der Waals surface area (Å²) in [7, 11) is -4.02. The first-order valence-corrected chi connectivity index (χ1v) is 10.8. The molecule has 0 radical (unpaired) electrons. The maximum atomic E-state index is 13.7. The Balaban J connectivity index is 1.78. The lowest BCUT2D eigenvalue weighted by atomic mass is 10.2. The summed E-state index contributed by atoms with van der Waals surface area (Å²) >= 11 is 6.11. The number of carbonyl (C=O) groups excluding carboxylic acids is 1. The predicted molar refractivity (Wildman–Crippen MR) is 114 cm³/mol. The average Bonchev–Trinajstić information content (AvgIpc) is 2.72. The molecule has 0 heterocycles. The highest BCUT2D eigenvalue weighted by Crippen LogP contribution is 2.33. The van der Waals surface area contributed by atoms with Crippen LogP contribution in [-0.4, -0.2) is 20.9 Å². The molecule has 3 aromatic rings. The minimum absolute atomic E-state index is 0.111. The first-order valence-electron chi connectivity index (χ1n) is 8.92. The van der Waals surface area contributed by atoms with Gasteiger partial charge in [0.25, 0.3) is 15.9 Å². The molecule has 0 aliphatic carbocycles. The van der Waals surface area contributed by atoms with Gasteiger partial charge in [-0.25, -0.2) is 12.8 Å². The number of para-hydroxylation sites is 2. The van der Waals surface area contributed by atoms with Crippen molar-refractivity contribution in [3.05, 3.63) is 83.1 Å². The molecule has 0 saturated carbocycles. The van der Waals surface area contributed by atoms with E-state index in [2.05, 4.69) is 10.0 Å². The highest BCUT2D eigenvalue weighted by molar-refractivity contribution is 7.92. The van der Waals surface area contributed by atoms with Crippen LogP contribution in [0.15, 0.2) is 71.6 Å². The molecule has 0 fully saturated rings. The lowest BCUT2D eigenvalue weighted by molar-refractivity contribution is 0.102. The van der Waals surface area contributed by atoms with E-state index in [4.69, 9.17) is 16.3 Å². The molecule has 156 valence electrons. The number of sulfonamides is 1. The molecule has 9 heteroatoms. The number of benzene rings is 3. The van der Waals surface area contributed by atoms with E-state index in [9.17, 15) is 17.6 Å². The maximum absolute atomic E-state index is 13.7. The summed E-state index contributed by atoms with van der Waals surface area (Å²) < 4.78 is 46.3. The van der Waals surface area contributed by atoms with Crippen LogP contribution < -0.4 is 14.8 Å². The topological polar surface area (TPSA) is 84.5 Å². The van der Waals surface area contributed by atoms with Crippen molar-refractivity contribution in [1.29, 1.82) is 0 Å². The molecule has 3 aromatic carbocycles. The summed E-state index contributed by atoms with van der Waals surface area (Å²) in [5.41, 5.74) is 0.457. The SMILES string of the molecule is CCOc1c(Cl)cccc1NC(=O)c1ccc(S(=O)(=O)Nc2ccccc2F)cc1. The third-order valence-corrected chi connectivity index (χ3v) is 5.73. The molecule has 0 saturated heterocycles. The molecule has 0 aromatic heterocycles. The van der Waals surface area contributed by atoms with Crippen molar-refractivity contribution >= 4 is 38.9 Å². The van der Waals surface area contributed by atoms with Crippen LogP contribution in [0.25, 0.3) is 0 Å². The Kier molecular flexibility index (Phi) is 6.59. The zero-order valence-electron chi connectivity index (χ0n) is 15.9. The van der Waals surface area contributed by atoms with Gasteiger partial charge in [0.05, 0.1) is 27.9 Å². The highest BCUT2D eigenvalue weighted by Gasteiger charge is 2.18. The van der Waals surface area contributed by atoms with Crippen molar-refractivity contribution in [1.82, 2.24) is 0 Å². The van der Waals surface area contributed by atoms with Crippen molar-refractivity contribution in [3.8, 4) is 5.75 Å². The number of amides is 1. The number of anilines is 2. The van der Waals surface area contributed by atoms with Crippen LogP contribution in [0.4, 0.5) is 15.8 Å². The van der Waals surface area contributed by atoms with Gasteiger partial charge in [0.1, 0.15) is 5.82 Å². The van der Waals surface area contributed by atoms with Gasteiger partial charge in [-0.05, 0) is 55.5 Å². The predicted octanol–water partition coefficient (Wildman–Crippen LogP) is 4.93. The number of hydrogen-bond acceptors (Lipinski definition) is 4. The van der Waals surface area contributed by atoms with Crippen molar-refractivity contribution in [2.75, 3.05) is 16.6 Å². The number of hydrogen-bond donors (Lipinski definition) is 2. The molecule has 3 rings (SSSR count). The molecular formula is C21H18ClFN2O4S. The summed E-state index contributed by atoms with van der Waals surface area (Å²) in [6.07, 6.45) is 0. The van der Waals surface area contributed by atoms with Gasteiger partial charge in [0.2, 0.25) is 0 Å². The fourth-order valence-corrected chi connectivity index (χ4v) is 3.92. The number of halogens is 2. The Morgan fingerprint density at radius 1 is 1.00 bits per heavy atom. The molecule has 0 bridgehead atoms. The number of nitrogens with one attached hydrogen (secondary N) is 2. The van der Waals surface area contributed by atoms with Gasteiger partial charge in [-0.1, -0.05) is 29.8 Å². The van der Waals surface area contributed by atoms with Gasteiger partial charge in [-0.2, -0.15) is 0 Å². The van der Waals surface area contributed by atoms with Crippen LogP contribution in [0.3, 0.4) is 0 Å².